The van der Waals surface area contributed by atoms with Crippen LogP contribution in [0.1, 0.15) is 45.4 Å². The van der Waals surface area contributed by atoms with E-state index in [1.54, 1.807) is 0 Å². The van der Waals surface area contributed by atoms with E-state index >= 15 is 0 Å². The third kappa shape index (κ3) is 3.94. The minimum atomic E-state index is 0.457. The Morgan fingerprint density at radius 3 is 2.46 bits per heavy atom. The Labute approximate surface area is 86.3 Å². The van der Waals surface area contributed by atoms with Crippen LogP contribution in [0.25, 0.3) is 0 Å². The highest BCUT2D eigenvalue weighted by Crippen LogP contribution is 2.27. The summed E-state index contributed by atoms with van der Waals surface area (Å²) in [5, 5.41) is 3.61. The summed E-state index contributed by atoms with van der Waals surface area (Å²) in [6, 6.07) is 0.547. The van der Waals surface area contributed by atoms with E-state index in [2.05, 4.69) is 12.2 Å². The molecule has 76 valence electrons. The first-order valence-electron chi connectivity index (χ1n) is 5.28. The van der Waals surface area contributed by atoms with Crippen LogP contribution >= 0.6 is 12.2 Å². The monoisotopic (exact) mass is 200 g/mol. The van der Waals surface area contributed by atoms with Gasteiger partial charge >= 0.3 is 0 Å². The summed E-state index contributed by atoms with van der Waals surface area (Å²) in [6.45, 7) is 2.26. The second-order valence-corrected chi connectivity index (χ2v) is 4.45. The average molecular weight is 200 g/mol. The maximum absolute atomic E-state index is 5.44. The van der Waals surface area contributed by atoms with Crippen molar-refractivity contribution in [1.29, 1.82) is 0 Å². The van der Waals surface area contributed by atoms with Crippen molar-refractivity contribution in [1.82, 2.24) is 5.32 Å². The topological polar surface area (TPSA) is 38.0 Å². The van der Waals surface area contributed by atoms with E-state index in [1.807, 2.05) is 0 Å². The second-order valence-electron chi connectivity index (χ2n) is 4.01. The Hall–Kier alpha value is -0.310. The van der Waals surface area contributed by atoms with Crippen molar-refractivity contribution in [3.63, 3.8) is 0 Å². The molecule has 1 aliphatic carbocycles. The first-order valence-corrected chi connectivity index (χ1v) is 5.69. The molecule has 0 amide bonds. The van der Waals surface area contributed by atoms with Gasteiger partial charge in [0.2, 0.25) is 0 Å². The van der Waals surface area contributed by atoms with E-state index < -0.39 is 0 Å². The molecule has 1 fully saturated rings. The third-order valence-electron chi connectivity index (χ3n) is 2.89. The van der Waals surface area contributed by atoms with E-state index in [0.717, 1.165) is 5.92 Å². The molecule has 0 heterocycles. The highest BCUT2D eigenvalue weighted by molar-refractivity contribution is 7.80. The summed E-state index contributed by atoms with van der Waals surface area (Å²) >= 11 is 4.82. The van der Waals surface area contributed by atoms with Crippen molar-refractivity contribution >= 4 is 17.3 Å². The van der Waals surface area contributed by atoms with Gasteiger partial charge in [0.1, 0.15) is 0 Å². The molecule has 2 nitrogen and oxygen atoms in total. The molecule has 1 saturated carbocycles. The summed E-state index contributed by atoms with van der Waals surface area (Å²) in [4.78, 5) is 0. The second kappa shape index (κ2) is 5.43. The number of rotatable bonds is 3. The Balaban J connectivity index is 2.18. The summed E-state index contributed by atoms with van der Waals surface area (Å²) in [5.41, 5.74) is 5.44. The lowest BCUT2D eigenvalue weighted by molar-refractivity contribution is 0.296. The first kappa shape index (κ1) is 10.8. The normalized spacial score (nSPS) is 28.4. The Morgan fingerprint density at radius 2 is 2.00 bits per heavy atom. The molecule has 0 radical (unpaired) electrons. The van der Waals surface area contributed by atoms with Crippen LogP contribution in [0, 0.1) is 5.92 Å². The fourth-order valence-corrected chi connectivity index (χ4v) is 2.37. The fraction of sp³-hybridized carbons (Fsp3) is 0.900. The van der Waals surface area contributed by atoms with E-state index in [1.165, 1.54) is 38.5 Å². The molecule has 1 aliphatic rings. The van der Waals surface area contributed by atoms with Gasteiger partial charge in [0.25, 0.3) is 0 Å². The minimum absolute atomic E-state index is 0.457. The standard InChI is InChI=1S/C10H20N2S/c1-2-3-8-4-6-9(7-5-8)12-10(11)13/h8-9H,2-7H2,1H3,(H3,11,12,13). The van der Waals surface area contributed by atoms with Crippen LogP contribution < -0.4 is 11.1 Å². The van der Waals surface area contributed by atoms with Gasteiger partial charge in [0.05, 0.1) is 0 Å². The van der Waals surface area contributed by atoms with Crippen LogP contribution in [0.4, 0.5) is 0 Å². The van der Waals surface area contributed by atoms with E-state index in [4.69, 9.17) is 18.0 Å². The van der Waals surface area contributed by atoms with E-state index in [-0.39, 0.29) is 0 Å². The van der Waals surface area contributed by atoms with Crippen molar-refractivity contribution < 1.29 is 0 Å². The number of thiocarbonyl (C=S) groups is 1. The molecule has 0 saturated heterocycles. The van der Waals surface area contributed by atoms with Crippen LogP contribution in [0.5, 0.6) is 0 Å². The molecular formula is C10H20N2S. The maximum atomic E-state index is 5.44. The van der Waals surface area contributed by atoms with Gasteiger partial charge in [-0.2, -0.15) is 0 Å². The Morgan fingerprint density at radius 1 is 1.38 bits per heavy atom. The van der Waals surface area contributed by atoms with Gasteiger partial charge in [-0.1, -0.05) is 19.8 Å². The highest BCUT2D eigenvalue weighted by Gasteiger charge is 2.20. The third-order valence-corrected chi connectivity index (χ3v) is 3.01. The molecule has 0 atom stereocenters. The lowest BCUT2D eigenvalue weighted by Crippen LogP contribution is -2.40. The molecule has 13 heavy (non-hydrogen) atoms. The predicted octanol–water partition coefficient (Wildman–Crippen LogP) is 2.18. The largest absolute Gasteiger partial charge is 0.376 e. The average Bonchev–Trinajstić information content (AvgIpc) is 2.08. The van der Waals surface area contributed by atoms with Crippen LogP contribution in [-0.2, 0) is 0 Å². The van der Waals surface area contributed by atoms with Crippen LogP contribution in [0.3, 0.4) is 0 Å². The van der Waals surface area contributed by atoms with Crippen molar-refractivity contribution in [2.45, 2.75) is 51.5 Å². The van der Waals surface area contributed by atoms with Crippen molar-refractivity contribution in [3.05, 3.63) is 0 Å². The van der Waals surface area contributed by atoms with Crippen molar-refractivity contribution in [2.24, 2.45) is 11.7 Å². The molecule has 0 aromatic carbocycles. The van der Waals surface area contributed by atoms with Gasteiger partial charge in [0, 0.05) is 6.04 Å². The molecule has 0 unspecified atom stereocenters. The Kier molecular flexibility index (Phi) is 4.50. The van der Waals surface area contributed by atoms with Crippen LogP contribution in [-0.4, -0.2) is 11.2 Å². The molecule has 0 aromatic heterocycles. The van der Waals surface area contributed by atoms with Gasteiger partial charge in [-0.15, -0.1) is 0 Å². The van der Waals surface area contributed by atoms with Gasteiger partial charge in [-0.25, -0.2) is 0 Å². The van der Waals surface area contributed by atoms with Crippen LogP contribution in [0.2, 0.25) is 0 Å². The number of hydrogen-bond donors (Lipinski definition) is 2. The predicted molar refractivity (Wildman–Crippen MR) is 60.6 cm³/mol. The van der Waals surface area contributed by atoms with Gasteiger partial charge in [0.15, 0.2) is 5.11 Å². The van der Waals surface area contributed by atoms with Crippen LogP contribution in [0.15, 0.2) is 0 Å². The molecule has 0 spiro atoms. The summed E-state index contributed by atoms with van der Waals surface area (Å²) < 4.78 is 0. The molecule has 3 heteroatoms. The number of nitrogens with one attached hydrogen (secondary N) is 1. The zero-order valence-corrected chi connectivity index (χ0v) is 9.20. The zero-order chi connectivity index (χ0) is 9.68. The number of nitrogens with two attached hydrogens (primary N) is 1. The summed E-state index contributed by atoms with van der Waals surface area (Å²) in [6.07, 6.45) is 7.87. The van der Waals surface area contributed by atoms with E-state index in [9.17, 15) is 0 Å². The molecule has 0 aliphatic heterocycles. The molecule has 0 bridgehead atoms. The zero-order valence-electron chi connectivity index (χ0n) is 8.38. The highest BCUT2D eigenvalue weighted by atomic mass is 32.1. The Bertz CT molecular complexity index is 162. The lowest BCUT2D eigenvalue weighted by atomic mass is 9.83. The first-order chi connectivity index (χ1) is 6.22. The summed E-state index contributed by atoms with van der Waals surface area (Å²) in [5.74, 6) is 0.953. The molecule has 1 rings (SSSR count). The smallest absolute Gasteiger partial charge is 0.163 e. The van der Waals surface area contributed by atoms with Gasteiger partial charge in [-0.3, -0.25) is 0 Å². The molecule has 3 N–H and O–H groups in total. The lowest BCUT2D eigenvalue weighted by Gasteiger charge is -2.28. The van der Waals surface area contributed by atoms with Gasteiger partial charge < -0.3 is 11.1 Å². The number of hydrogen-bond acceptors (Lipinski definition) is 1. The SMILES string of the molecule is CCCC1CCC(NC(N)=S)CC1. The minimum Gasteiger partial charge on any atom is -0.376 e. The fourth-order valence-electron chi connectivity index (χ4n) is 2.20. The maximum Gasteiger partial charge on any atom is 0.163 e. The quantitative estimate of drug-likeness (QED) is 0.686. The van der Waals surface area contributed by atoms with Gasteiger partial charge in [-0.05, 0) is 43.8 Å². The van der Waals surface area contributed by atoms with Crippen molar-refractivity contribution in [3.8, 4) is 0 Å². The van der Waals surface area contributed by atoms with E-state index in [0.29, 0.717) is 11.2 Å². The molecule has 0 aromatic rings. The van der Waals surface area contributed by atoms with Crippen molar-refractivity contribution in [2.75, 3.05) is 0 Å². The summed E-state index contributed by atoms with van der Waals surface area (Å²) in [7, 11) is 0. The molecular weight excluding hydrogens is 180 g/mol.